The van der Waals surface area contributed by atoms with Crippen molar-refractivity contribution < 1.29 is 4.79 Å². The van der Waals surface area contributed by atoms with Gasteiger partial charge in [-0.2, -0.15) is 0 Å². The lowest BCUT2D eigenvalue weighted by atomic mass is 10.1. The van der Waals surface area contributed by atoms with Crippen LogP contribution in [-0.2, 0) is 4.79 Å². The average molecular weight is 203 g/mol. The molecule has 0 aliphatic heterocycles. The van der Waals surface area contributed by atoms with Gasteiger partial charge in [0.1, 0.15) is 0 Å². The lowest BCUT2D eigenvalue weighted by molar-refractivity contribution is -0.113. The van der Waals surface area contributed by atoms with E-state index in [4.69, 9.17) is 0 Å². The Morgan fingerprint density at radius 3 is 2.47 bits per heavy atom. The molecule has 0 atom stereocenters. The fraction of sp³-hybridized carbons (Fsp3) is 0.308. The van der Waals surface area contributed by atoms with Crippen LogP contribution in [0.5, 0.6) is 0 Å². The van der Waals surface area contributed by atoms with Gasteiger partial charge in [0.15, 0.2) is 0 Å². The molecule has 1 aromatic rings. The van der Waals surface area contributed by atoms with Crippen molar-refractivity contribution in [3.63, 3.8) is 0 Å². The molecule has 0 fully saturated rings. The maximum Gasteiger partial charge on any atom is 0.251 e. The Balaban J connectivity index is 2.67. The van der Waals surface area contributed by atoms with Crippen LogP contribution in [0.15, 0.2) is 42.0 Å². The lowest BCUT2D eigenvalue weighted by Gasteiger charge is -2.06. The Hall–Kier alpha value is -1.57. The normalized spacial score (nSPS) is 11.2. The molecule has 0 aromatic heterocycles. The summed E-state index contributed by atoms with van der Waals surface area (Å²) in [5, 5.41) is 2.87. The minimum Gasteiger partial charge on any atom is -0.322 e. The summed E-state index contributed by atoms with van der Waals surface area (Å²) in [6.45, 7) is 4.03. The summed E-state index contributed by atoms with van der Waals surface area (Å²) in [6, 6.07) is 9.52. The topological polar surface area (TPSA) is 29.1 Å². The van der Waals surface area contributed by atoms with Gasteiger partial charge in [0.2, 0.25) is 0 Å². The highest BCUT2D eigenvalue weighted by molar-refractivity contribution is 6.03. The Labute approximate surface area is 91.0 Å². The van der Waals surface area contributed by atoms with Crippen molar-refractivity contribution in [1.82, 2.24) is 0 Å². The fourth-order valence-electron chi connectivity index (χ4n) is 1.38. The maximum absolute atomic E-state index is 11.8. The molecule has 1 N–H and O–H groups in total. The van der Waals surface area contributed by atoms with Crippen LogP contribution >= 0.6 is 0 Å². The lowest BCUT2D eigenvalue weighted by Crippen LogP contribution is -2.13. The van der Waals surface area contributed by atoms with Crippen molar-refractivity contribution in [3.8, 4) is 0 Å². The quantitative estimate of drug-likeness (QED) is 0.747. The van der Waals surface area contributed by atoms with E-state index in [-0.39, 0.29) is 5.91 Å². The smallest absolute Gasteiger partial charge is 0.251 e. The molecule has 1 rings (SSSR count). The van der Waals surface area contributed by atoms with Crippen LogP contribution in [-0.4, -0.2) is 5.91 Å². The first kappa shape index (κ1) is 11.5. The van der Waals surface area contributed by atoms with Crippen LogP contribution in [0.3, 0.4) is 0 Å². The Kier molecular flexibility index (Phi) is 4.61. The Morgan fingerprint density at radius 2 is 1.93 bits per heavy atom. The van der Waals surface area contributed by atoms with Crippen molar-refractivity contribution in [3.05, 3.63) is 42.0 Å². The van der Waals surface area contributed by atoms with Crippen LogP contribution in [0, 0.1) is 0 Å². The van der Waals surface area contributed by atoms with Crippen LogP contribution in [0.1, 0.15) is 26.7 Å². The van der Waals surface area contributed by atoms with E-state index in [1.54, 1.807) is 0 Å². The standard InChI is InChI=1S/C13H17NO/c1-3-8-11(4-2)13(15)14-12-9-6-5-7-10-12/h5-10H,3-4H2,1-2H3,(H,14,15). The summed E-state index contributed by atoms with van der Waals surface area (Å²) in [4.78, 5) is 11.8. The number of nitrogens with one attached hydrogen (secondary N) is 1. The molecule has 2 nitrogen and oxygen atoms in total. The Bertz CT molecular complexity index is 341. The molecule has 1 amide bonds. The second-order valence-electron chi connectivity index (χ2n) is 3.31. The van der Waals surface area contributed by atoms with Crippen molar-refractivity contribution in [2.45, 2.75) is 26.7 Å². The number of para-hydroxylation sites is 1. The first-order valence-electron chi connectivity index (χ1n) is 5.33. The van der Waals surface area contributed by atoms with Crippen molar-refractivity contribution in [1.29, 1.82) is 0 Å². The van der Waals surface area contributed by atoms with Crippen molar-refractivity contribution >= 4 is 11.6 Å². The van der Waals surface area contributed by atoms with E-state index in [9.17, 15) is 4.79 Å². The van der Waals surface area contributed by atoms with Gasteiger partial charge in [0.05, 0.1) is 0 Å². The first-order valence-corrected chi connectivity index (χ1v) is 5.33. The molecule has 2 heteroatoms. The zero-order chi connectivity index (χ0) is 11.1. The van der Waals surface area contributed by atoms with Gasteiger partial charge in [-0.25, -0.2) is 0 Å². The molecule has 0 radical (unpaired) electrons. The summed E-state index contributed by atoms with van der Waals surface area (Å²) >= 11 is 0. The second-order valence-corrected chi connectivity index (χ2v) is 3.31. The summed E-state index contributed by atoms with van der Waals surface area (Å²) in [5.41, 5.74) is 1.69. The van der Waals surface area contributed by atoms with Crippen LogP contribution in [0.25, 0.3) is 0 Å². The largest absolute Gasteiger partial charge is 0.322 e. The molecule has 0 heterocycles. The molecule has 0 unspecified atom stereocenters. The van der Waals surface area contributed by atoms with Gasteiger partial charge >= 0.3 is 0 Å². The summed E-state index contributed by atoms with van der Waals surface area (Å²) in [7, 11) is 0. The molecule has 0 aliphatic rings. The molecule has 0 saturated carbocycles. The van der Waals surface area contributed by atoms with Gasteiger partial charge in [0, 0.05) is 11.3 Å². The third kappa shape index (κ3) is 3.58. The number of hydrogen-bond acceptors (Lipinski definition) is 1. The maximum atomic E-state index is 11.8. The number of hydrogen-bond donors (Lipinski definition) is 1. The molecule has 0 spiro atoms. The van der Waals surface area contributed by atoms with E-state index < -0.39 is 0 Å². The highest BCUT2D eigenvalue weighted by Crippen LogP contribution is 2.09. The van der Waals surface area contributed by atoms with E-state index in [0.717, 1.165) is 24.1 Å². The van der Waals surface area contributed by atoms with E-state index >= 15 is 0 Å². The van der Waals surface area contributed by atoms with E-state index in [1.807, 2.05) is 50.3 Å². The molecule has 0 aliphatic carbocycles. The summed E-state index contributed by atoms with van der Waals surface area (Å²) in [5.74, 6) is 0.00514. The third-order valence-electron chi connectivity index (χ3n) is 2.15. The fourth-order valence-corrected chi connectivity index (χ4v) is 1.38. The molecule has 0 bridgehead atoms. The van der Waals surface area contributed by atoms with Gasteiger partial charge in [-0.05, 0) is 25.0 Å². The van der Waals surface area contributed by atoms with Crippen molar-refractivity contribution in [2.75, 3.05) is 5.32 Å². The number of allylic oxidation sites excluding steroid dienone is 1. The predicted octanol–water partition coefficient (Wildman–Crippen LogP) is 3.37. The molecular weight excluding hydrogens is 186 g/mol. The van der Waals surface area contributed by atoms with E-state index in [1.165, 1.54) is 0 Å². The molecule has 80 valence electrons. The van der Waals surface area contributed by atoms with Gasteiger partial charge in [-0.3, -0.25) is 4.79 Å². The van der Waals surface area contributed by atoms with Gasteiger partial charge in [-0.15, -0.1) is 0 Å². The highest BCUT2D eigenvalue weighted by Gasteiger charge is 2.06. The van der Waals surface area contributed by atoms with Gasteiger partial charge in [-0.1, -0.05) is 38.1 Å². The van der Waals surface area contributed by atoms with Crippen LogP contribution < -0.4 is 5.32 Å². The zero-order valence-corrected chi connectivity index (χ0v) is 9.29. The number of rotatable bonds is 4. The first-order chi connectivity index (χ1) is 7.27. The zero-order valence-electron chi connectivity index (χ0n) is 9.29. The molecule has 1 aromatic carbocycles. The third-order valence-corrected chi connectivity index (χ3v) is 2.15. The predicted molar refractivity (Wildman–Crippen MR) is 63.7 cm³/mol. The van der Waals surface area contributed by atoms with Gasteiger partial charge < -0.3 is 5.32 Å². The van der Waals surface area contributed by atoms with Crippen molar-refractivity contribution in [2.24, 2.45) is 0 Å². The van der Waals surface area contributed by atoms with Crippen LogP contribution in [0.2, 0.25) is 0 Å². The molecule has 15 heavy (non-hydrogen) atoms. The number of benzene rings is 1. The van der Waals surface area contributed by atoms with E-state index in [2.05, 4.69) is 5.32 Å². The molecule has 0 saturated heterocycles. The summed E-state index contributed by atoms with van der Waals surface area (Å²) < 4.78 is 0. The molecular formula is C13H17NO. The summed E-state index contributed by atoms with van der Waals surface area (Å²) in [6.07, 6.45) is 3.64. The number of carbonyl (C=O) groups is 1. The Morgan fingerprint density at radius 1 is 1.27 bits per heavy atom. The van der Waals surface area contributed by atoms with Crippen LogP contribution in [0.4, 0.5) is 5.69 Å². The average Bonchev–Trinajstić information content (AvgIpc) is 2.27. The van der Waals surface area contributed by atoms with E-state index in [0.29, 0.717) is 0 Å². The SMILES string of the molecule is CCC=C(CC)C(=O)Nc1ccccc1. The minimum absolute atomic E-state index is 0.00514. The highest BCUT2D eigenvalue weighted by atomic mass is 16.1. The second kappa shape index (κ2) is 6.02. The van der Waals surface area contributed by atoms with Gasteiger partial charge in [0.25, 0.3) is 5.91 Å². The minimum atomic E-state index is 0.00514. The number of carbonyl (C=O) groups excluding carboxylic acids is 1. The monoisotopic (exact) mass is 203 g/mol. The number of amides is 1. The number of anilines is 1.